The Hall–Kier alpha value is -3.42. The van der Waals surface area contributed by atoms with E-state index in [4.69, 9.17) is 0 Å². The maximum absolute atomic E-state index is 13.0. The molecule has 0 heterocycles. The van der Waals surface area contributed by atoms with Crippen LogP contribution >= 0.6 is 0 Å². The Morgan fingerprint density at radius 1 is 0.941 bits per heavy atom. The molecule has 0 saturated carbocycles. The van der Waals surface area contributed by atoms with E-state index in [2.05, 4.69) is 10.6 Å². The van der Waals surface area contributed by atoms with Crippen molar-refractivity contribution >= 4 is 5.91 Å². The standard InChI is InChI=1S/C27H31FN2O4/c1-27(2,30-17-25(33)21-12-23(31)14-24(32)13-21)15-20-5-3-4-19(10-20)11-26(34)29-16-18-6-8-22(28)9-7-18/h3-10,12-14,25,30-33H,11,15-17H2,1-2H3,(H,29,34). The normalized spacial score (nSPS) is 12.4. The van der Waals surface area contributed by atoms with Crippen molar-refractivity contribution in [3.8, 4) is 11.5 Å². The molecule has 0 aliphatic rings. The zero-order valence-corrected chi connectivity index (χ0v) is 19.4. The average molecular weight is 467 g/mol. The summed E-state index contributed by atoms with van der Waals surface area (Å²) in [4.78, 5) is 12.3. The fourth-order valence-electron chi connectivity index (χ4n) is 3.77. The first-order chi connectivity index (χ1) is 16.1. The Labute approximate surface area is 199 Å². The van der Waals surface area contributed by atoms with Crippen molar-refractivity contribution in [2.75, 3.05) is 6.54 Å². The summed E-state index contributed by atoms with van der Waals surface area (Å²) in [6.07, 6.45) is 0.00645. The van der Waals surface area contributed by atoms with Crippen molar-refractivity contribution in [3.05, 3.63) is 94.8 Å². The first kappa shape index (κ1) is 25.2. The van der Waals surface area contributed by atoms with E-state index < -0.39 is 6.10 Å². The molecule has 5 N–H and O–H groups in total. The topological polar surface area (TPSA) is 102 Å². The van der Waals surface area contributed by atoms with Gasteiger partial charge in [0.1, 0.15) is 17.3 Å². The second kappa shape index (κ2) is 11.1. The van der Waals surface area contributed by atoms with Crippen molar-refractivity contribution in [2.24, 2.45) is 0 Å². The van der Waals surface area contributed by atoms with Gasteiger partial charge in [-0.2, -0.15) is 0 Å². The van der Waals surface area contributed by atoms with Crippen LogP contribution < -0.4 is 10.6 Å². The lowest BCUT2D eigenvalue weighted by atomic mass is 9.93. The van der Waals surface area contributed by atoms with E-state index in [9.17, 15) is 24.5 Å². The summed E-state index contributed by atoms with van der Waals surface area (Å²) in [5.41, 5.74) is 2.84. The van der Waals surface area contributed by atoms with Gasteiger partial charge in [0.2, 0.25) is 5.91 Å². The first-order valence-corrected chi connectivity index (χ1v) is 11.1. The van der Waals surface area contributed by atoms with Crippen LogP contribution in [0.1, 0.15) is 42.2 Å². The van der Waals surface area contributed by atoms with Crippen molar-refractivity contribution in [3.63, 3.8) is 0 Å². The van der Waals surface area contributed by atoms with E-state index in [0.29, 0.717) is 18.5 Å². The molecule has 0 spiro atoms. The maximum atomic E-state index is 13.0. The third kappa shape index (κ3) is 7.86. The van der Waals surface area contributed by atoms with Gasteiger partial charge in [0.15, 0.2) is 0 Å². The van der Waals surface area contributed by atoms with Gasteiger partial charge in [-0.15, -0.1) is 0 Å². The number of benzene rings is 3. The van der Waals surface area contributed by atoms with Gasteiger partial charge in [-0.25, -0.2) is 4.39 Å². The largest absolute Gasteiger partial charge is 0.508 e. The summed E-state index contributed by atoms with van der Waals surface area (Å²) in [5, 5.41) is 35.9. The number of phenolic OH excluding ortho intramolecular Hbond substituents is 2. The Kier molecular flexibility index (Phi) is 8.26. The number of aromatic hydroxyl groups is 2. The first-order valence-electron chi connectivity index (χ1n) is 11.1. The lowest BCUT2D eigenvalue weighted by Crippen LogP contribution is -2.43. The lowest BCUT2D eigenvalue weighted by Gasteiger charge is -2.28. The summed E-state index contributed by atoms with van der Waals surface area (Å²) in [6, 6.07) is 17.9. The van der Waals surface area contributed by atoms with Crippen LogP contribution in [-0.2, 0) is 24.2 Å². The summed E-state index contributed by atoms with van der Waals surface area (Å²) < 4.78 is 13.0. The number of carbonyl (C=O) groups is 1. The third-order valence-corrected chi connectivity index (χ3v) is 5.49. The zero-order chi connectivity index (χ0) is 24.7. The molecule has 3 aromatic rings. The molecule has 0 aliphatic carbocycles. The molecule has 0 aliphatic heterocycles. The molecular formula is C27H31FN2O4. The summed E-state index contributed by atoms with van der Waals surface area (Å²) in [6.45, 7) is 4.61. The quantitative estimate of drug-likeness (QED) is 0.313. The minimum atomic E-state index is -0.895. The van der Waals surface area contributed by atoms with Gasteiger partial charge < -0.3 is 26.0 Å². The predicted molar refractivity (Wildman–Crippen MR) is 129 cm³/mol. The van der Waals surface area contributed by atoms with Gasteiger partial charge in [0, 0.05) is 24.7 Å². The van der Waals surface area contributed by atoms with Gasteiger partial charge in [-0.3, -0.25) is 4.79 Å². The monoisotopic (exact) mass is 466 g/mol. The molecule has 0 radical (unpaired) electrons. The molecule has 1 unspecified atom stereocenters. The summed E-state index contributed by atoms with van der Waals surface area (Å²) in [5.74, 6) is -0.632. The van der Waals surface area contributed by atoms with Crippen LogP contribution in [0.5, 0.6) is 11.5 Å². The molecule has 0 bridgehead atoms. The molecule has 3 rings (SSSR count). The van der Waals surface area contributed by atoms with Gasteiger partial charge in [-0.1, -0.05) is 36.4 Å². The molecular weight excluding hydrogens is 435 g/mol. The summed E-state index contributed by atoms with van der Waals surface area (Å²) in [7, 11) is 0. The van der Waals surface area contributed by atoms with Crippen molar-refractivity contribution in [1.29, 1.82) is 0 Å². The molecule has 6 nitrogen and oxygen atoms in total. The smallest absolute Gasteiger partial charge is 0.224 e. The number of aliphatic hydroxyl groups excluding tert-OH is 1. The molecule has 34 heavy (non-hydrogen) atoms. The predicted octanol–water partition coefficient (Wildman–Crippen LogP) is 3.74. The zero-order valence-electron chi connectivity index (χ0n) is 19.4. The number of aliphatic hydroxyl groups is 1. The highest BCUT2D eigenvalue weighted by atomic mass is 19.1. The van der Waals surface area contributed by atoms with Gasteiger partial charge >= 0.3 is 0 Å². The Morgan fingerprint density at radius 2 is 1.59 bits per heavy atom. The van der Waals surface area contributed by atoms with Crippen LogP contribution in [0.2, 0.25) is 0 Å². The highest BCUT2D eigenvalue weighted by molar-refractivity contribution is 5.78. The van der Waals surface area contributed by atoms with Crippen molar-refractivity contribution in [1.82, 2.24) is 10.6 Å². The number of β-amino-alcohol motifs (C(OH)–C–C–N with tert-alkyl or cyclic N) is 1. The number of amides is 1. The molecule has 0 aromatic heterocycles. The van der Waals surface area contributed by atoms with Gasteiger partial charge in [-0.05, 0) is 66.8 Å². The minimum Gasteiger partial charge on any atom is -0.508 e. The lowest BCUT2D eigenvalue weighted by molar-refractivity contribution is -0.120. The number of halogens is 1. The fraction of sp³-hybridized carbons (Fsp3) is 0.296. The number of carbonyl (C=O) groups excluding carboxylic acids is 1. The van der Waals surface area contributed by atoms with E-state index in [0.717, 1.165) is 16.7 Å². The average Bonchev–Trinajstić information content (AvgIpc) is 2.76. The van der Waals surface area contributed by atoms with Crippen LogP contribution in [0, 0.1) is 5.82 Å². The van der Waals surface area contributed by atoms with Crippen LogP contribution in [0.15, 0.2) is 66.7 Å². The number of nitrogens with one attached hydrogen (secondary N) is 2. The van der Waals surface area contributed by atoms with E-state index in [-0.39, 0.29) is 41.7 Å². The molecule has 0 fully saturated rings. The summed E-state index contributed by atoms with van der Waals surface area (Å²) >= 11 is 0. The molecule has 180 valence electrons. The van der Waals surface area contributed by atoms with E-state index in [1.165, 1.54) is 30.3 Å². The SMILES string of the molecule is CC(C)(Cc1cccc(CC(=O)NCc2ccc(F)cc2)c1)NCC(O)c1cc(O)cc(O)c1. The Bertz CT molecular complexity index is 1100. The molecule has 1 atom stereocenters. The van der Waals surface area contributed by atoms with Gasteiger partial charge in [0.05, 0.1) is 12.5 Å². The molecule has 1 amide bonds. The fourth-order valence-corrected chi connectivity index (χ4v) is 3.77. The molecule has 0 saturated heterocycles. The van der Waals surface area contributed by atoms with Gasteiger partial charge in [0.25, 0.3) is 0 Å². The number of hydrogen-bond acceptors (Lipinski definition) is 5. The van der Waals surface area contributed by atoms with E-state index >= 15 is 0 Å². The Morgan fingerprint density at radius 3 is 2.26 bits per heavy atom. The third-order valence-electron chi connectivity index (χ3n) is 5.49. The molecule has 7 heteroatoms. The van der Waals surface area contributed by atoms with Crippen molar-refractivity contribution in [2.45, 2.75) is 44.9 Å². The van der Waals surface area contributed by atoms with Crippen molar-refractivity contribution < 1.29 is 24.5 Å². The van der Waals surface area contributed by atoms with E-state index in [1.807, 2.05) is 38.1 Å². The Balaban J connectivity index is 1.52. The van der Waals surface area contributed by atoms with Crippen LogP contribution in [0.25, 0.3) is 0 Å². The van der Waals surface area contributed by atoms with Crippen LogP contribution in [0.3, 0.4) is 0 Å². The molecule has 3 aromatic carbocycles. The van der Waals surface area contributed by atoms with E-state index in [1.54, 1.807) is 12.1 Å². The minimum absolute atomic E-state index is 0.105. The number of hydrogen-bond donors (Lipinski definition) is 5. The second-order valence-corrected chi connectivity index (χ2v) is 9.14. The highest BCUT2D eigenvalue weighted by Crippen LogP contribution is 2.25. The van der Waals surface area contributed by atoms with Crippen LogP contribution in [0.4, 0.5) is 4.39 Å². The van der Waals surface area contributed by atoms with Crippen LogP contribution in [-0.4, -0.2) is 33.3 Å². The number of phenols is 2. The highest BCUT2D eigenvalue weighted by Gasteiger charge is 2.20. The second-order valence-electron chi connectivity index (χ2n) is 9.14. The maximum Gasteiger partial charge on any atom is 0.224 e. The number of rotatable bonds is 10.